The van der Waals surface area contributed by atoms with Gasteiger partial charge in [-0.05, 0) is 19.9 Å². The van der Waals surface area contributed by atoms with Crippen LogP contribution in [0.5, 0.6) is 0 Å². The van der Waals surface area contributed by atoms with Gasteiger partial charge in [0.25, 0.3) is 11.7 Å². The smallest absolute Gasteiger partial charge is 0.352 e. The predicted molar refractivity (Wildman–Crippen MR) is 97.1 cm³/mol. The van der Waals surface area contributed by atoms with Crippen molar-refractivity contribution in [3.05, 3.63) is 22.8 Å². The zero-order valence-corrected chi connectivity index (χ0v) is 16.5. The molecule has 156 valence electrons. The molecule has 0 spiro atoms. The first-order valence-electron chi connectivity index (χ1n) is 8.99. The maximum Gasteiger partial charge on any atom is 0.419 e. The second-order valence-electron chi connectivity index (χ2n) is 7.00. The van der Waals surface area contributed by atoms with Crippen LogP contribution in [0.1, 0.15) is 19.4 Å². The molecule has 0 radical (unpaired) electrons. The SMILES string of the molecule is CC(C)NC(=O)CNC(=O)C[NH+]1CCN(c2[nH+]cc(C(F)(F)F)cc2Cl)CC1. The van der Waals surface area contributed by atoms with Crippen LogP contribution < -0.4 is 25.4 Å². The molecule has 0 unspecified atom stereocenters. The zero-order valence-electron chi connectivity index (χ0n) is 15.8. The minimum atomic E-state index is -4.46. The van der Waals surface area contributed by atoms with Crippen LogP contribution in [0.3, 0.4) is 0 Å². The van der Waals surface area contributed by atoms with Crippen LogP contribution in [0.2, 0.25) is 5.02 Å². The van der Waals surface area contributed by atoms with E-state index in [1.807, 2.05) is 18.7 Å². The number of halogens is 4. The number of carbonyl (C=O) groups is 2. The Labute approximate surface area is 166 Å². The average Bonchev–Trinajstić information content (AvgIpc) is 2.59. The summed E-state index contributed by atoms with van der Waals surface area (Å²) in [5, 5.41) is 5.29. The first-order chi connectivity index (χ1) is 13.1. The monoisotopic (exact) mass is 423 g/mol. The average molecular weight is 424 g/mol. The number of nitrogens with one attached hydrogen (secondary N) is 4. The number of aromatic nitrogens is 1. The third-order valence-corrected chi connectivity index (χ3v) is 4.58. The van der Waals surface area contributed by atoms with Crippen LogP contribution in [-0.4, -0.2) is 57.1 Å². The van der Waals surface area contributed by atoms with Gasteiger partial charge in [0.15, 0.2) is 6.54 Å². The number of rotatable bonds is 6. The Balaban J connectivity index is 1.81. The molecule has 1 aliphatic rings. The van der Waals surface area contributed by atoms with Gasteiger partial charge in [0.1, 0.15) is 37.4 Å². The highest BCUT2D eigenvalue weighted by Gasteiger charge is 2.35. The molecule has 1 fully saturated rings. The summed E-state index contributed by atoms with van der Waals surface area (Å²) in [7, 11) is 0. The van der Waals surface area contributed by atoms with E-state index in [1.165, 1.54) is 0 Å². The number of hydrogen-bond donors (Lipinski definition) is 3. The van der Waals surface area contributed by atoms with Crippen LogP contribution in [0, 0.1) is 0 Å². The van der Waals surface area contributed by atoms with Crippen molar-refractivity contribution in [3.8, 4) is 0 Å². The highest BCUT2D eigenvalue weighted by atomic mass is 35.5. The van der Waals surface area contributed by atoms with Crippen molar-refractivity contribution < 1.29 is 32.6 Å². The number of quaternary nitrogens is 1. The molecular formula is C17H25ClF3N5O2+2. The highest BCUT2D eigenvalue weighted by Crippen LogP contribution is 2.31. The Hall–Kier alpha value is -2.07. The van der Waals surface area contributed by atoms with Gasteiger partial charge in [-0.25, -0.2) is 9.88 Å². The lowest BCUT2D eigenvalue weighted by Gasteiger charge is -2.28. The van der Waals surface area contributed by atoms with Crippen LogP contribution in [0.4, 0.5) is 19.0 Å². The van der Waals surface area contributed by atoms with E-state index in [-0.39, 0.29) is 36.0 Å². The van der Waals surface area contributed by atoms with Gasteiger partial charge in [0, 0.05) is 6.04 Å². The van der Waals surface area contributed by atoms with E-state index in [9.17, 15) is 22.8 Å². The standard InChI is InChI=1S/C17H23ClF3N5O2/c1-11(2)24-14(27)9-22-15(28)10-25-3-5-26(6-4-25)16-13(18)7-12(8-23-16)17(19,20)21/h7-8,11H,3-6,9-10H2,1-2H3,(H,22,28)(H,24,27)/p+2. The van der Waals surface area contributed by atoms with Crippen LogP contribution in [0.15, 0.2) is 12.3 Å². The lowest BCUT2D eigenvalue weighted by molar-refractivity contribution is -0.892. The zero-order chi connectivity index (χ0) is 20.9. The summed E-state index contributed by atoms with van der Waals surface area (Å²) < 4.78 is 38.2. The molecule has 2 amide bonds. The number of carbonyl (C=O) groups excluding carboxylic acids is 2. The molecule has 28 heavy (non-hydrogen) atoms. The first-order valence-corrected chi connectivity index (χ1v) is 9.37. The second-order valence-corrected chi connectivity index (χ2v) is 7.40. The quantitative estimate of drug-likeness (QED) is 0.578. The van der Waals surface area contributed by atoms with Crippen LogP contribution in [-0.2, 0) is 15.8 Å². The van der Waals surface area contributed by atoms with Crippen LogP contribution in [0.25, 0.3) is 0 Å². The molecule has 7 nitrogen and oxygen atoms in total. The molecule has 0 aromatic carbocycles. The minimum Gasteiger partial charge on any atom is -0.352 e. The Kier molecular flexibility index (Phi) is 7.48. The molecule has 0 saturated carbocycles. The van der Waals surface area contributed by atoms with E-state index in [4.69, 9.17) is 11.6 Å². The van der Waals surface area contributed by atoms with Crippen molar-refractivity contribution in [3.63, 3.8) is 0 Å². The van der Waals surface area contributed by atoms with Crippen molar-refractivity contribution in [1.29, 1.82) is 0 Å². The van der Waals surface area contributed by atoms with E-state index in [1.54, 1.807) is 0 Å². The molecule has 11 heteroatoms. The van der Waals surface area contributed by atoms with Gasteiger partial charge < -0.3 is 15.5 Å². The van der Waals surface area contributed by atoms with Crippen molar-refractivity contribution in [1.82, 2.24) is 10.6 Å². The maximum absolute atomic E-state index is 12.7. The van der Waals surface area contributed by atoms with Gasteiger partial charge in [0.05, 0.1) is 12.1 Å². The summed E-state index contributed by atoms with van der Waals surface area (Å²) in [6.45, 7) is 6.16. The number of nitrogens with zero attached hydrogens (tertiary/aromatic N) is 1. The van der Waals surface area contributed by atoms with Gasteiger partial charge in [-0.2, -0.15) is 13.2 Å². The summed E-state index contributed by atoms with van der Waals surface area (Å²) in [4.78, 5) is 29.0. The number of amides is 2. The number of aromatic amines is 1. The molecule has 2 heterocycles. The molecule has 1 saturated heterocycles. The van der Waals surface area contributed by atoms with Crippen molar-refractivity contribution in [2.75, 3.05) is 44.2 Å². The molecule has 0 atom stereocenters. The molecule has 4 N–H and O–H groups in total. The summed E-state index contributed by atoms with van der Waals surface area (Å²) in [5.41, 5.74) is -0.830. The normalized spacial score (nSPS) is 15.6. The maximum atomic E-state index is 12.7. The van der Waals surface area contributed by atoms with E-state index in [0.717, 1.165) is 17.2 Å². The fraction of sp³-hybridized carbons (Fsp3) is 0.588. The van der Waals surface area contributed by atoms with Gasteiger partial charge in [-0.1, -0.05) is 11.6 Å². The number of piperazine rings is 1. The lowest BCUT2D eigenvalue weighted by Crippen LogP contribution is -3.16. The molecule has 1 aliphatic heterocycles. The highest BCUT2D eigenvalue weighted by molar-refractivity contribution is 6.32. The summed E-state index contributed by atoms with van der Waals surface area (Å²) in [5.74, 6) is -0.0272. The molecule has 0 bridgehead atoms. The lowest BCUT2D eigenvalue weighted by atomic mass is 10.2. The Morgan fingerprint density at radius 3 is 2.46 bits per heavy atom. The van der Waals surface area contributed by atoms with E-state index in [2.05, 4.69) is 15.6 Å². The Morgan fingerprint density at radius 1 is 1.29 bits per heavy atom. The molecule has 2 rings (SSSR count). The van der Waals surface area contributed by atoms with Crippen molar-refractivity contribution in [2.45, 2.75) is 26.1 Å². The summed E-state index contributed by atoms with van der Waals surface area (Å²) in [6.07, 6.45) is -3.56. The van der Waals surface area contributed by atoms with Crippen molar-refractivity contribution >= 4 is 29.2 Å². The van der Waals surface area contributed by atoms with Gasteiger partial charge in [0.2, 0.25) is 5.91 Å². The minimum absolute atomic E-state index is 0.00665. The number of H-pyrrole nitrogens is 1. The van der Waals surface area contributed by atoms with Gasteiger partial charge in [-0.3, -0.25) is 9.59 Å². The third-order valence-electron chi connectivity index (χ3n) is 4.29. The first kappa shape index (κ1) is 22.2. The molecule has 0 aliphatic carbocycles. The third kappa shape index (κ3) is 6.52. The molecule has 1 aromatic heterocycles. The number of alkyl halides is 3. The number of hydrogen-bond acceptors (Lipinski definition) is 3. The van der Waals surface area contributed by atoms with Gasteiger partial charge in [-0.15, -0.1) is 0 Å². The predicted octanol–water partition coefficient (Wildman–Crippen LogP) is -0.481. The van der Waals surface area contributed by atoms with E-state index >= 15 is 0 Å². The summed E-state index contributed by atoms with van der Waals surface area (Å²) >= 11 is 6.01. The Morgan fingerprint density at radius 2 is 1.93 bits per heavy atom. The number of anilines is 1. The van der Waals surface area contributed by atoms with Crippen LogP contribution >= 0.6 is 11.6 Å². The fourth-order valence-corrected chi connectivity index (χ4v) is 3.22. The summed E-state index contributed by atoms with van der Waals surface area (Å²) in [6, 6.07) is 0.916. The second kappa shape index (κ2) is 9.42. The van der Waals surface area contributed by atoms with E-state index < -0.39 is 11.7 Å². The largest absolute Gasteiger partial charge is 0.419 e. The van der Waals surface area contributed by atoms with E-state index in [0.29, 0.717) is 32.0 Å². The molecular weight excluding hydrogens is 399 g/mol. The van der Waals surface area contributed by atoms with Gasteiger partial charge >= 0.3 is 6.18 Å². The van der Waals surface area contributed by atoms with Crippen molar-refractivity contribution in [2.24, 2.45) is 0 Å². The topological polar surface area (TPSA) is 80.0 Å². The number of pyridine rings is 1. The Bertz CT molecular complexity index is 707. The molecule has 1 aromatic rings. The fourth-order valence-electron chi connectivity index (χ4n) is 2.93.